The van der Waals surface area contributed by atoms with Crippen LogP contribution in [0.15, 0.2) is 60.7 Å². The van der Waals surface area contributed by atoms with Gasteiger partial charge in [-0.15, -0.1) is 0 Å². The monoisotopic (exact) mass is 633 g/mol. The number of fused-ring (bicyclic) bond motifs is 2. The lowest BCUT2D eigenvalue weighted by Gasteiger charge is -2.34. The van der Waals surface area contributed by atoms with E-state index in [0.717, 1.165) is 0 Å². The predicted octanol–water partition coefficient (Wildman–Crippen LogP) is 4.38. The SMILES string of the molecule is COc1ccc(NC(=O)Nc2ccc3c(c2)CC(=O)N([C@@H](C)CO)C[C@@H](C)[C@H](CN(C)C(=O)Nc2ccc4c(c2)OCO4)O3)cc1. The number of likely N-dealkylation sites (N-methyl/N-ethyl adjacent to an activating group) is 1. The van der Waals surface area contributed by atoms with Gasteiger partial charge >= 0.3 is 12.1 Å². The van der Waals surface area contributed by atoms with E-state index in [4.69, 9.17) is 18.9 Å². The Morgan fingerprint density at radius 1 is 0.978 bits per heavy atom. The van der Waals surface area contributed by atoms with Gasteiger partial charge in [0.05, 0.1) is 32.7 Å². The second-order valence-corrected chi connectivity index (χ2v) is 11.4. The molecule has 0 saturated carbocycles. The third kappa shape index (κ3) is 7.72. The Hall–Kier alpha value is -5.17. The van der Waals surface area contributed by atoms with E-state index in [9.17, 15) is 19.5 Å². The van der Waals surface area contributed by atoms with E-state index >= 15 is 0 Å². The lowest BCUT2D eigenvalue weighted by molar-refractivity contribution is -0.134. The maximum Gasteiger partial charge on any atom is 0.323 e. The molecular weight excluding hydrogens is 594 g/mol. The van der Waals surface area contributed by atoms with Crippen LogP contribution in [0.2, 0.25) is 0 Å². The van der Waals surface area contributed by atoms with Gasteiger partial charge in [-0.2, -0.15) is 0 Å². The number of rotatable bonds is 8. The number of amides is 5. The largest absolute Gasteiger partial charge is 0.497 e. The fraction of sp³-hybridized carbons (Fsp3) is 0.364. The van der Waals surface area contributed by atoms with Gasteiger partial charge in [0.2, 0.25) is 12.7 Å². The Kier molecular flexibility index (Phi) is 10.0. The van der Waals surface area contributed by atoms with Crippen LogP contribution < -0.4 is 34.9 Å². The van der Waals surface area contributed by atoms with Crippen LogP contribution in [0.5, 0.6) is 23.0 Å². The number of hydrogen-bond donors (Lipinski definition) is 4. The van der Waals surface area contributed by atoms with E-state index < -0.39 is 18.2 Å². The first kappa shape index (κ1) is 32.2. The van der Waals surface area contributed by atoms with Crippen LogP contribution in [0.4, 0.5) is 26.7 Å². The van der Waals surface area contributed by atoms with Gasteiger partial charge in [0.25, 0.3) is 0 Å². The minimum absolute atomic E-state index is 0.00479. The fourth-order valence-corrected chi connectivity index (χ4v) is 5.24. The Labute approximate surface area is 267 Å². The number of hydrogen-bond acceptors (Lipinski definition) is 8. The molecular formula is C33H39N5O8. The number of aliphatic hydroxyl groups is 1. The smallest absolute Gasteiger partial charge is 0.323 e. The number of nitrogens with zero attached hydrogens (tertiary/aromatic N) is 2. The van der Waals surface area contributed by atoms with E-state index in [-0.39, 0.29) is 44.2 Å². The summed E-state index contributed by atoms with van der Waals surface area (Å²) in [5, 5.41) is 18.4. The number of methoxy groups -OCH3 is 1. The molecule has 13 heteroatoms. The summed E-state index contributed by atoms with van der Waals surface area (Å²) >= 11 is 0. The van der Waals surface area contributed by atoms with Crippen LogP contribution in [0, 0.1) is 5.92 Å². The van der Waals surface area contributed by atoms with Crippen molar-refractivity contribution in [3.05, 3.63) is 66.2 Å². The number of ether oxygens (including phenoxy) is 4. The van der Waals surface area contributed by atoms with Crippen molar-refractivity contribution >= 4 is 35.0 Å². The van der Waals surface area contributed by atoms with E-state index in [1.807, 2.05) is 6.92 Å². The van der Waals surface area contributed by atoms with Crippen molar-refractivity contribution in [2.45, 2.75) is 32.4 Å². The van der Waals surface area contributed by atoms with Gasteiger partial charge < -0.3 is 49.8 Å². The molecule has 2 aliphatic rings. The Balaban J connectivity index is 1.33. The van der Waals surface area contributed by atoms with Crippen molar-refractivity contribution in [1.82, 2.24) is 9.80 Å². The van der Waals surface area contributed by atoms with Crippen molar-refractivity contribution in [2.75, 3.05) is 56.6 Å². The molecule has 13 nitrogen and oxygen atoms in total. The van der Waals surface area contributed by atoms with Gasteiger partial charge in [0.1, 0.15) is 17.6 Å². The minimum Gasteiger partial charge on any atom is -0.497 e. The molecule has 5 rings (SSSR count). The molecule has 2 heterocycles. The predicted molar refractivity (Wildman–Crippen MR) is 172 cm³/mol. The second-order valence-electron chi connectivity index (χ2n) is 11.4. The first-order chi connectivity index (χ1) is 22.1. The molecule has 2 aliphatic heterocycles. The average molecular weight is 634 g/mol. The number of aliphatic hydroxyl groups excluding tert-OH is 1. The summed E-state index contributed by atoms with van der Waals surface area (Å²) in [5.41, 5.74) is 2.16. The van der Waals surface area contributed by atoms with Gasteiger partial charge in [-0.1, -0.05) is 6.92 Å². The Morgan fingerprint density at radius 3 is 2.35 bits per heavy atom. The fourth-order valence-electron chi connectivity index (χ4n) is 5.24. The van der Waals surface area contributed by atoms with Gasteiger partial charge in [0, 0.05) is 48.2 Å². The highest BCUT2D eigenvalue weighted by atomic mass is 16.7. The molecule has 0 fully saturated rings. The highest BCUT2D eigenvalue weighted by Gasteiger charge is 2.32. The number of anilines is 3. The average Bonchev–Trinajstić information content (AvgIpc) is 3.53. The molecule has 0 bridgehead atoms. The summed E-state index contributed by atoms with van der Waals surface area (Å²) < 4.78 is 22.4. The molecule has 3 aromatic rings. The highest BCUT2D eigenvalue weighted by Crippen LogP contribution is 2.34. The van der Waals surface area contributed by atoms with Crippen LogP contribution in [0.25, 0.3) is 0 Å². The summed E-state index contributed by atoms with van der Waals surface area (Å²) in [6.45, 7) is 4.17. The number of carbonyl (C=O) groups excluding carboxylic acids is 3. The standard InChI is InChI=1S/C33H39N5O8/c1-20-16-38(21(2)18-39)31(40)14-22-13-24(35-32(41)34-23-5-9-26(43-4)10-6-23)7-11-27(22)46-30(20)17-37(3)33(42)36-25-8-12-28-29(15-25)45-19-44-28/h5-13,15,20-21,30,39H,14,16-19H2,1-4H3,(H,36,42)(H2,34,35,41)/t20-,21+,30+/m1/s1. The van der Waals surface area contributed by atoms with Crippen LogP contribution in [-0.4, -0.2) is 85.7 Å². The van der Waals surface area contributed by atoms with E-state index in [1.165, 1.54) is 4.90 Å². The number of urea groups is 2. The summed E-state index contributed by atoms with van der Waals surface area (Å²) in [7, 11) is 3.23. The first-order valence-electron chi connectivity index (χ1n) is 15.0. The van der Waals surface area contributed by atoms with Crippen molar-refractivity contribution in [2.24, 2.45) is 5.92 Å². The van der Waals surface area contributed by atoms with Gasteiger partial charge in [-0.25, -0.2) is 9.59 Å². The summed E-state index contributed by atoms with van der Waals surface area (Å²) in [6, 6.07) is 16.0. The maximum absolute atomic E-state index is 13.5. The molecule has 0 spiro atoms. The van der Waals surface area contributed by atoms with Crippen molar-refractivity contribution < 1.29 is 38.4 Å². The molecule has 3 atom stereocenters. The topological polar surface area (TPSA) is 151 Å². The van der Waals surface area contributed by atoms with Gasteiger partial charge in [0.15, 0.2) is 11.5 Å². The zero-order valence-corrected chi connectivity index (χ0v) is 26.2. The lowest BCUT2D eigenvalue weighted by Crippen LogP contribution is -2.48. The third-order valence-corrected chi connectivity index (χ3v) is 7.95. The molecule has 244 valence electrons. The summed E-state index contributed by atoms with van der Waals surface area (Å²) in [6.07, 6.45) is -0.516. The van der Waals surface area contributed by atoms with E-state index in [2.05, 4.69) is 16.0 Å². The normalized spacial score (nSPS) is 17.8. The molecule has 0 aromatic heterocycles. The Bertz CT molecular complexity index is 1570. The molecule has 46 heavy (non-hydrogen) atoms. The van der Waals surface area contributed by atoms with Crippen molar-refractivity contribution in [3.63, 3.8) is 0 Å². The van der Waals surface area contributed by atoms with Crippen LogP contribution in [-0.2, 0) is 11.2 Å². The molecule has 0 aliphatic carbocycles. The second kappa shape index (κ2) is 14.3. The molecule has 0 unspecified atom stereocenters. The molecule has 0 saturated heterocycles. The number of carbonyl (C=O) groups is 3. The molecule has 0 radical (unpaired) electrons. The van der Waals surface area contributed by atoms with Crippen molar-refractivity contribution in [1.29, 1.82) is 0 Å². The molecule has 3 aromatic carbocycles. The molecule has 4 N–H and O–H groups in total. The van der Waals surface area contributed by atoms with Crippen LogP contribution in [0.1, 0.15) is 19.4 Å². The van der Waals surface area contributed by atoms with Crippen LogP contribution >= 0.6 is 0 Å². The Morgan fingerprint density at radius 2 is 1.63 bits per heavy atom. The lowest BCUT2D eigenvalue weighted by atomic mass is 10.0. The van der Waals surface area contributed by atoms with Crippen molar-refractivity contribution in [3.8, 4) is 23.0 Å². The zero-order valence-electron chi connectivity index (χ0n) is 26.2. The molecule has 5 amide bonds. The summed E-state index contributed by atoms with van der Waals surface area (Å²) in [4.78, 5) is 42.6. The van der Waals surface area contributed by atoms with Gasteiger partial charge in [-0.05, 0) is 61.5 Å². The highest BCUT2D eigenvalue weighted by molar-refractivity contribution is 6.00. The van der Waals surface area contributed by atoms with E-state index in [0.29, 0.717) is 52.2 Å². The number of nitrogens with one attached hydrogen (secondary N) is 3. The third-order valence-electron chi connectivity index (χ3n) is 7.95. The summed E-state index contributed by atoms with van der Waals surface area (Å²) in [5.74, 6) is 1.91. The minimum atomic E-state index is -0.511. The maximum atomic E-state index is 13.5. The zero-order chi connectivity index (χ0) is 32.8. The van der Waals surface area contributed by atoms with Crippen LogP contribution in [0.3, 0.4) is 0 Å². The number of benzene rings is 3. The van der Waals surface area contributed by atoms with Gasteiger partial charge in [-0.3, -0.25) is 4.79 Å². The van der Waals surface area contributed by atoms with E-state index in [1.54, 1.807) is 86.6 Å². The quantitative estimate of drug-likeness (QED) is 0.285. The first-order valence-corrected chi connectivity index (χ1v) is 15.0.